The summed E-state index contributed by atoms with van der Waals surface area (Å²) in [4.78, 5) is 2.27. The summed E-state index contributed by atoms with van der Waals surface area (Å²) >= 11 is 3.45. The molecule has 1 heterocycles. The lowest BCUT2D eigenvalue weighted by Gasteiger charge is -2.32. The van der Waals surface area contributed by atoms with E-state index in [-0.39, 0.29) is 11.6 Å². The summed E-state index contributed by atoms with van der Waals surface area (Å²) in [6.45, 7) is 2.63. The number of aliphatic hydroxyl groups excluding tert-OH is 1. The molecule has 15 heavy (non-hydrogen) atoms. The number of hydrogen-bond donors (Lipinski definition) is 1. The minimum absolute atomic E-state index is 0.102. The second-order valence-corrected chi connectivity index (χ2v) is 4.57. The maximum Gasteiger partial charge on any atom is 0.129 e. The van der Waals surface area contributed by atoms with Crippen LogP contribution in [-0.2, 0) is 11.3 Å². The van der Waals surface area contributed by atoms with Gasteiger partial charge in [0.25, 0.3) is 0 Å². The van der Waals surface area contributed by atoms with E-state index in [4.69, 9.17) is 9.84 Å². The Morgan fingerprint density at radius 1 is 1.40 bits per heavy atom. The number of anilines is 1. The highest BCUT2D eigenvalue weighted by atomic mass is 79.9. The SMILES string of the molecule is OCc1ccc(N2CCOC(Br)C2)cc1. The molecule has 1 aromatic rings. The Hall–Kier alpha value is -0.580. The molecule has 0 radical (unpaired) electrons. The molecule has 0 amide bonds. The van der Waals surface area contributed by atoms with E-state index in [1.807, 2.05) is 24.3 Å². The van der Waals surface area contributed by atoms with Crippen LogP contribution in [-0.4, -0.2) is 29.8 Å². The van der Waals surface area contributed by atoms with Gasteiger partial charge in [-0.1, -0.05) is 28.1 Å². The van der Waals surface area contributed by atoms with Gasteiger partial charge in [-0.3, -0.25) is 0 Å². The van der Waals surface area contributed by atoms with E-state index in [2.05, 4.69) is 20.8 Å². The monoisotopic (exact) mass is 271 g/mol. The molecule has 1 aliphatic rings. The standard InChI is InChI=1S/C11H14BrNO2/c12-11-7-13(5-6-15-11)10-3-1-9(8-14)2-4-10/h1-4,11,14H,5-8H2. The molecule has 1 saturated heterocycles. The van der Waals surface area contributed by atoms with Crippen molar-refractivity contribution in [1.29, 1.82) is 0 Å². The molecule has 1 N–H and O–H groups in total. The van der Waals surface area contributed by atoms with Crippen molar-refractivity contribution >= 4 is 21.6 Å². The summed E-state index contributed by atoms with van der Waals surface area (Å²) in [5.41, 5.74) is 2.13. The summed E-state index contributed by atoms with van der Waals surface area (Å²) in [6.07, 6.45) is 0. The molecule has 0 aromatic heterocycles. The van der Waals surface area contributed by atoms with Gasteiger partial charge in [0.05, 0.1) is 19.8 Å². The molecule has 0 spiro atoms. The summed E-state index contributed by atoms with van der Waals surface area (Å²) < 4.78 is 5.41. The minimum atomic E-state index is 0.102. The molecule has 1 fully saturated rings. The second kappa shape index (κ2) is 4.96. The first-order valence-electron chi connectivity index (χ1n) is 5.00. The third-order valence-corrected chi connectivity index (χ3v) is 3.06. The fourth-order valence-electron chi connectivity index (χ4n) is 1.65. The number of ether oxygens (including phenoxy) is 1. The van der Waals surface area contributed by atoms with Gasteiger partial charge in [-0.2, -0.15) is 0 Å². The highest BCUT2D eigenvalue weighted by molar-refractivity contribution is 9.09. The maximum atomic E-state index is 8.94. The molecule has 0 bridgehead atoms. The zero-order valence-corrected chi connectivity index (χ0v) is 9.98. The predicted molar refractivity (Wildman–Crippen MR) is 63.2 cm³/mol. The van der Waals surface area contributed by atoms with Crippen LogP contribution in [0.25, 0.3) is 0 Å². The Labute approximate surface area is 97.8 Å². The molecule has 4 heteroatoms. The topological polar surface area (TPSA) is 32.7 Å². The molecule has 3 nitrogen and oxygen atoms in total. The lowest BCUT2D eigenvalue weighted by Crippen LogP contribution is -2.39. The van der Waals surface area contributed by atoms with Crippen LogP contribution in [0.15, 0.2) is 24.3 Å². The van der Waals surface area contributed by atoms with Crippen molar-refractivity contribution < 1.29 is 9.84 Å². The van der Waals surface area contributed by atoms with Gasteiger partial charge in [-0.25, -0.2) is 0 Å². The zero-order valence-electron chi connectivity index (χ0n) is 8.40. The first-order chi connectivity index (χ1) is 7.29. The van der Waals surface area contributed by atoms with E-state index in [1.165, 1.54) is 5.69 Å². The molecular weight excluding hydrogens is 258 g/mol. The largest absolute Gasteiger partial charge is 0.392 e. The normalized spacial score (nSPS) is 21.7. The number of halogens is 1. The van der Waals surface area contributed by atoms with Gasteiger partial charge in [-0.05, 0) is 17.7 Å². The van der Waals surface area contributed by atoms with Crippen molar-refractivity contribution in [2.24, 2.45) is 0 Å². The maximum absolute atomic E-state index is 8.94. The van der Waals surface area contributed by atoms with E-state index in [0.29, 0.717) is 0 Å². The smallest absolute Gasteiger partial charge is 0.129 e. The summed E-state index contributed by atoms with van der Waals surface area (Å²) in [5.74, 6) is 0. The van der Waals surface area contributed by atoms with Crippen molar-refractivity contribution in [3.05, 3.63) is 29.8 Å². The van der Waals surface area contributed by atoms with Crippen molar-refractivity contribution in [3.63, 3.8) is 0 Å². The van der Waals surface area contributed by atoms with E-state index >= 15 is 0 Å². The van der Waals surface area contributed by atoms with Crippen LogP contribution in [0.3, 0.4) is 0 Å². The molecule has 82 valence electrons. The molecule has 1 aliphatic heterocycles. The lowest BCUT2D eigenvalue weighted by atomic mass is 10.2. The zero-order chi connectivity index (χ0) is 10.7. The van der Waals surface area contributed by atoms with Crippen molar-refractivity contribution in [3.8, 4) is 0 Å². The number of morpholine rings is 1. The van der Waals surface area contributed by atoms with Crippen LogP contribution >= 0.6 is 15.9 Å². The van der Waals surface area contributed by atoms with Crippen LogP contribution < -0.4 is 4.90 Å². The van der Waals surface area contributed by atoms with Crippen LogP contribution in [0.2, 0.25) is 0 Å². The fraction of sp³-hybridized carbons (Fsp3) is 0.455. The third kappa shape index (κ3) is 2.71. The predicted octanol–water partition coefficient (Wildman–Crippen LogP) is 1.74. The molecule has 1 unspecified atom stereocenters. The average Bonchev–Trinajstić information content (AvgIpc) is 2.29. The van der Waals surface area contributed by atoms with Crippen molar-refractivity contribution in [2.45, 2.75) is 11.6 Å². The molecule has 2 rings (SSSR count). The Balaban J connectivity index is 2.07. The highest BCUT2D eigenvalue weighted by Gasteiger charge is 2.17. The summed E-state index contributed by atoms with van der Waals surface area (Å²) in [6, 6.07) is 7.98. The highest BCUT2D eigenvalue weighted by Crippen LogP contribution is 2.20. The van der Waals surface area contributed by atoms with E-state index in [1.54, 1.807) is 0 Å². The molecule has 0 aliphatic carbocycles. The summed E-state index contributed by atoms with van der Waals surface area (Å²) in [7, 11) is 0. The van der Waals surface area contributed by atoms with Crippen LogP contribution in [0.5, 0.6) is 0 Å². The van der Waals surface area contributed by atoms with Gasteiger partial charge in [0.2, 0.25) is 0 Å². The van der Waals surface area contributed by atoms with Gasteiger partial charge < -0.3 is 14.7 Å². The van der Waals surface area contributed by atoms with Gasteiger partial charge in [-0.15, -0.1) is 0 Å². The number of hydrogen-bond acceptors (Lipinski definition) is 3. The first kappa shape index (κ1) is 10.9. The van der Waals surface area contributed by atoms with Gasteiger partial charge >= 0.3 is 0 Å². The number of alkyl halides is 1. The number of aliphatic hydroxyl groups is 1. The van der Waals surface area contributed by atoms with Crippen LogP contribution in [0.4, 0.5) is 5.69 Å². The molecule has 1 atom stereocenters. The Bertz CT molecular complexity index is 315. The van der Waals surface area contributed by atoms with Gasteiger partial charge in [0.1, 0.15) is 5.01 Å². The van der Waals surface area contributed by atoms with Gasteiger partial charge in [0, 0.05) is 12.2 Å². The number of nitrogens with zero attached hydrogens (tertiary/aromatic N) is 1. The number of benzene rings is 1. The van der Waals surface area contributed by atoms with Gasteiger partial charge in [0.15, 0.2) is 0 Å². The summed E-state index contributed by atoms with van der Waals surface area (Å²) in [5, 5.41) is 9.05. The van der Waals surface area contributed by atoms with E-state index in [9.17, 15) is 0 Å². The first-order valence-corrected chi connectivity index (χ1v) is 5.91. The molecular formula is C11H14BrNO2. The Morgan fingerprint density at radius 2 is 2.13 bits per heavy atom. The third-order valence-electron chi connectivity index (χ3n) is 2.51. The average molecular weight is 272 g/mol. The fourth-order valence-corrected chi connectivity index (χ4v) is 2.19. The van der Waals surface area contributed by atoms with Crippen LogP contribution in [0.1, 0.15) is 5.56 Å². The van der Waals surface area contributed by atoms with Crippen molar-refractivity contribution in [1.82, 2.24) is 0 Å². The van der Waals surface area contributed by atoms with Crippen LogP contribution in [0, 0.1) is 0 Å². The Morgan fingerprint density at radius 3 is 2.73 bits per heavy atom. The second-order valence-electron chi connectivity index (χ2n) is 3.55. The Kier molecular flexibility index (Phi) is 3.61. The molecule has 1 aromatic carbocycles. The molecule has 0 saturated carbocycles. The van der Waals surface area contributed by atoms with Crippen molar-refractivity contribution in [2.75, 3.05) is 24.6 Å². The van der Waals surface area contributed by atoms with E-state index < -0.39 is 0 Å². The number of rotatable bonds is 2. The lowest BCUT2D eigenvalue weighted by molar-refractivity contribution is 0.103. The quantitative estimate of drug-likeness (QED) is 0.832. The van der Waals surface area contributed by atoms with E-state index in [0.717, 1.165) is 25.3 Å². The minimum Gasteiger partial charge on any atom is -0.392 e.